The van der Waals surface area contributed by atoms with E-state index >= 15 is 0 Å². The van der Waals surface area contributed by atoms with Gasteiger partial charge in [0.1, 0.15) is 0 Å². The quantitative estimate of drug-likeness (QED) is 0.820. The highest BCUT2D eigenvalue weighted by Crippen LogP contribution is 2.34. The van der Waals surface area contributed by atoms with Crippen molar-refractivity contribution in [2.45, 2.75) is 42.2 Å². The molecule has 1 N–H and O–H groups in total. The molecule has 1 aromatic rings. The Kier molecular flexibility index (Phi) is 4.93. The van der Waals surface area contributed by atoms with E-state index in [0.717, 1.165) is 18.2 Å². The fraction of sp³-hybridized carbons (Fsp3) is 0.500. The van der Waals surface area contributed by atoms with Gasteiger partial charge in [-0.15, -0.1) is 0 Å². The molecule has 0 saturated heterocycles. The van der Waals surface area contributed by atoms with Crippen LogP contribution in [0.3, 0.4) is 0 Å². The van der Waals surface area contributed by atoms with Gasteiger partial charge in [-0.2, -0.15) is 13.2 Å². The number of halogens is 4. The molecule has 0 aliphatic carbocycles. The number of hydrogen-bond acceptors (Lipinski definition) is 2. The highest BCUT2D eigenvalue weighted by atomic mass is 79.9. The molecule has 114 valence electrons. The number of sulfonamides is 1. The zero-order valence-corrected chi connectivity index (χ0v) is 13.5. The molecule has 0 radical (unpaired) electrons. The molecule has 8 heteroatoms. The van der Waals surface area contributed by atoms with E-state index in [2.05, 4.69) is 20.7 Å². The van der Waals surface area contributed by atoms with E-state index in [0.29, 0.717) is 0 Å². The van der Waals surface area contributed by atoms with Gasteiger partial charge in [0.05, 0.1) is 10.5 Å². The van der Waals surface area contributed by atoms with Crippen LogP contribution in [0.5, 0.6) is 0 Å². The molecular formula is C12H15BrF3NO2S. The van der Waals surface area contributed by atoms with Gasteiger partial charge in [0.15, 0.2) is 0 Å². The summed E-state index contributed by atoms with van der Waals surface area (Å²) in [5, 5.41) is 0. The van der Waals surface area contributed by atoms with Gasteiger partial charge in [-0.3, -0.25) is 0 Å². The van der Waals surface area contributed by atoms with Crippen LogP contribution in [0.4, 0.5) is 13.2 Å². The van der Waals surface area contributed by atoms with E-state index in [1.54, 1.807) is 20.8 Å². The van der Waals surface area contributed by atoms with E-state index in [-0.39, 0.29) is 4.83 Å². The molecule has 0 heterocycles. The van der Waals surface area contributed by atoms with Gasteiger partial charge in [-0.1, -0.05) is 35.0 Å². The summed E-state index contributed by atoms with van der Waals surface area (Å²) in [5.74, 6) is 0. The van der Waals surface area contributed by atoms with Crippen LogP contribution in [0, 0.1) is 0 Å². The molecule has 20 heavy (non-hydrogen) atoms. The van der Waals surface area contributed by atoms with E-state index in [4.69, 9.17) is 0 Å². The Balaban J connectivity index is 3.31. The average molecular weight is 374 g/mol. The highest BCUT2D eigenvalue weighted by Gasteiger charge is 2.39. The zero-order valence-electron chi connectivity index (χ0n) is 11.1. The summed E-state index contributed by atoms with van der Waals surface area (Å²) in [5.41, 5.74) is -2.11. The Hall–Kier alpha value is -0.600. The van der Waals surface area contributed by atoms with Gasteiger partial charge in [-0.25, -0.2) is 13.1 Å². The number of alkyl halides is 4. The predicted molar refractivity (Wildman–Crippen MR) is 74.2 cm³/mol. The van der Waals surface area contributed by atoms with E-state index in [1.165, 1.54) is 6.07 Å². The lowest BCUT2D eigenvalue weighted by Crippen LogP contribution is -2.49. The maximum atomic E-state index is 12.9. The minimum Gasteiger partial charge on any atom is -0.207 e. The summed E-state index contributed by atoms with van der Waals surface area (Å²) in [7, 11) is -4.28. The van der Waals surface area contributed by atoms with Crippen LogP contribution in [0.15, 0.2) is 29.2 Å². The highest BCUT2D eigenvalue weighted by molar-refractivity contribution is 9.09. The Labute approximate surface area is 124 Å². The van der Waals surface area contributed by atoms with Crippen molar-refractivity contribution in [2.75, 3.05) is 0 Å². The molecule has 1 rings (SSSR count). The fourth-order valence-corrected chi connectivity index (χ4v) is 3.39. The van der Waals surface area contributed by atoms with Crippen molar-refractivity contribution in [2.24, 2.45) is 0 Å². The molecule has 0 spiro atoms. The molecule has 0 saturated carbocycles. The molecule has 0 aliphatic rings. The molecule has 1 aromatic carbocycles. The maximum absolute atomic E-state index is 12.9. The van der Waals surface area contributed by atoms with Crippen LogP contribution in [0.25, 0.3) is 0 Å². The molecule has 3 nitrogen and oxygen atoms in total. The standard InChI is InChI=1S/C12H15BrF3NO2S/c1-8(13)11(2,3)17-20(18,19)10-7-5-4-6-9(10)12(14,15)16/h4-8,17H,1-3H3. The minimum absolute atomic E-state index is 0.261. The first-order valence-electron chi connectivity index (χ1n) is 5.72. The second-order valence-electron chi connectivity index (χ2n) is 4.94. The number of hydrogen-bond donors (Lipinski definition) is 1. The smallest absolute Gasteiger partial charge is 0.207 e. The zero-order chi connectivity index (χ0) is 15.8. The van der Waals surface area contributed by atoms with Crippen molar-refractivity contribution in [3.8, 4) is 0 Å². The molecule has 0 aromatic heterocycles. The van der Waals surface area contributed by atoms with Crippen LogP contribution < -0.4 is 4.72 Å². The molecular weight excluding hydrogens is 359 g/mol. The predicted octanol–water partition coefficient (Wildman–Crippen LogP) is 3.55. The molecule has 0 amide bonds. The fourth-order valence-electron chi connectivity index (χ4n) is 1.42. The number of benzene rings is 1. The summed E-state index contributed by atoms with van der Waals surface area (Å²) in [6, 6.07) is 4.10. The molecule has 1 atom stereocenters. The van der Waals surface area contributed by atoms with Crippen molar-refractivity contribution in [3.05, 3.63) is 29.8 Å². The largest absolute Gasteiger partial charge is 0.417 e. The van der Waals surface area contributed by atoms with Crippen molar-refractivity contribution < 1.29 is 21.6 Å². The second kappa shape index (κ2) is 5.65. The minimum atomic E-state index is -4.73. The second-order valence-corrected chi connectivity index (χ2v) is 7.96. The monoisotopic (exact) mass is 373 g/mol. The molecule has 1 unspecified atom stereocenters. The Morgan fingerprint density at radius 1 is 1.20 bits per heavy atom. The first-order valence-corrected chi connectivity index (χ1v) is 8.12. The summed E-state index contributed by atoms with van der Waals surface area (Å²) >= 11 is 3.23. The lowest BCUT2D eigenvalue weighted by Gasteiger charge is -2.29. The van der Waals surface area contributed by atoms with Crippen LogP contribution in [-0.4, -0.2) is 18.8 Å². The topological polar surface area (TPSA) is 46.2 Å². The van der Waals surface area contributed by atoms with Crippen molar-refractivity contribution in [1.82, 2.24) is 4.72 Å². The third-order valence-electron chi connectivity index (χ3n) is 2.87. The summed E-state index contributed by atoms with van der Waals surface area (Å²) < 4.78 is 65.3. The van der Waals surface area contributed by atoms with Gasteiger partial charge in [0.2, 0.25) is 10.0 Å². The Morgan fingerprint density at radius 3 is 2.15 bits per heavy atom. The van der Waals surface area contributed by atoms with Gasteiger partial charge >= 0.3 is 6.18 Å². The Bertz CT molecular complexity index is 583. The SMILES string of the molecule is CC(Br)C(C)(C)NS(=O)(=O)c1ccccc1C(F)(F)F. The van der Waals surface area contributed by atoms with Gasteiger partial charge in [0, 0.05) is 10.4 Å². The third kappa shape index (κ3) is 3.95. The van der Waals surface area contributed by atoms with Crippen LogP contribution in [0.2, 0.25) is 0 Å². The first-order chi connectivity index (χ1) is 8.88. The molecule has 0 fully saturated rings. The van der Waals surface area contributed by atoms with Gasteiger partial charge in [0.25, 0.3) is 0 Å². The van der Waals surface area contributed by atoms with E-state index < -0.39 is 32.2 Å². The summed E-state index contributed by atoms with van der Waals surface area (Å²) in [4.78, 5) is -1.03. The average Bonchev–Trinajstić information content (AvgIpc) is 2.26. The third-order valence-corrected chi connectivity index (χ3v) is 5.75. The van der Waals surface area contributed by atoms with Crippen LogP contribution in [-0.2, 0) is 16.2 Å². The van der Waals surface area contributed by atoms with Crippen molar-refractivity contribution in [1.29, 1.82) is 0 Å². The van der Waals surface area contributed by atoms with Crippen LogP contribution >= 0.6 is 15.9 Å². The van der Waals surface area contributed by atoms with Crippen LogP contribution in [0.1, 0.15) is 26.3 Å². The van der Waals surface area contributed by atoms with Crippen molar-refractivity contribution >= 4 is 26.0 Å². The summed E-state index contributed by atoms with van der Waals surface area (Å²) in [6.07, 6.45) is -4.73. The maximum Gasteiger partial charge on any atom is 0.417 e. The normalized spacial score (nSPS) is 15.2. The lowest BCUT2D eigenvalue weighted by atomic mass is 10.0. The number of nitrogens with one attached hydrogen (secondary N) is 1. The van der Waals surface area contributed by atoms with E-state index in [1.807, 2.05) is 0 Å². The Morgan fingerprint density at radius 2 is 1.70 bits per heavy atom. The molecule has 0 bridgehead atoms. The lowest BCUT2D eigenvalue weighted by molar-refractivity contribution is -0.139. The van der Waals surface area contributed by atoms with Gasteiger partial charge < -0.3 is 0 Å². The number of rotatable bonds is 4. The van der Waals surface area contributed by atoms with Crippen molar-refractivity contribution in [3.63, 3.8) is 0 Å². The first kappa shape index (κ1) is 17.5. The summed E-state index contributed by atoms with van der Waals surface area (Å²) in [6.45, 7) is 4.87. The van der Waals surface area contributed by atoms with E-state index in [9.17, 15) is 21.6 Å². The molecule has 0 aliphatic heterocycles. The van der Waals surface area contributed by atoms with Gasteiger partial charge in [-0.05, 0) is 26.0 Å².